The van der Waals surface area contributed by atoms with Crippen molar-refractivity contribution in [1.29, 1.82) is 0 Å². The van der Waals surface area contributed by atoms with Crippen molar-refractivity contribution in [2.45, 2.75) is 26.2 Å². The molecule has 0 aliphatic carbocycles. The number of nitrogens with zero attached hydrogens (tertiary/aromatic N) is 2. The van der Waals surface area contributed by atoms with Crippen LogP contribution < -0.4 is 14.8 Å². The third-order valence-corrected chi connectivity index (χ3v) is 6.80. The summed E-state index contributed by atoms with van der Waals surface area (Å²) < 4.78 is 10.8. The molecule has 172 valence electrons. The summed E-state index contributed by atoms with van der Waals surface area (Å²) in [5.74, 6) is 0.454. The Balaban J connectivity index is 1.62. The average Bonchev–Trinajstić information content (AvgIpc) is 3.49. The Bertz CT molecular complexity index is 1150. The fraction of sp³-hybridized carbons (Fsp3) is 0.320. The number of methoxy groups -OCH3 is 2. The lowest BCUT2D eigenvalue weighted by Crippen LogP contribution is -2.29. The van der Waals surface area contributed by atoms with Crippen molar-refractivity contribution in [2.75, 3.05) is 32.6 Å². The van der Waals surface area contributed by atoms with E-state index in [1.807, 2.05) is 37.3 Å². The third-order valence-electron chi connectivity index (χ3n) is 5.64. The van der Waals surface area contributed by atoms with E-state index in [2.05, 4.69) is 10.3 Å². The van der Waals surface area contributed by atoms with Gasteiger partial charge in [0.25, 0.3) is 11.8 Å². The molecular weight excluding hydrogens is 438 g/mol. The highest BCUT2D eigenvalue weighted by atomic mass is 32.1. The Morgan fingerprint density at radius 2 is 1.73 bits per heavy atom. The van der Waals surface area contributed by atoms with Gasteiger partial charge in [-0.3, -0.25) is 9.59 Å². The molecule has 0 unspecified atom stereocenters. The van der Waals surface area contributed by atoms with Crippen LogP contribution in [0.1, 0.15) is 49.1 Å². The van der Waals surface area contributed by atoms with Crippen molar-refractivity contribution in [3.8, 4) is 11.5 Å². The van der Waals surface area contributed by atoms with Crippen LogP contribution >= 0.6 is 11.3 Å². The number of aryl methyl sites for hydroxylation is 1. The number of hydrogen-bond donors (Lipinski definition) is 1. The summed E-state index contributed by atoms with van der Waals surface area (Å²) in [5, 5.41) is 3.79. The fourth-order valence-corrected chi connectivity index (χ4v) is 4.93. The molecule has 7 nitrogen and oxygen atoms in total. The standard InChI is InChI=1S/C25H27N3O4S/c1-16-23(33-22(26-16)13-17-9-5-4-6-10-17)24(29)27-19-15-21(32-3)20(31-2)14-18(19)25(30)28-11-7-8-12-28/h4-6,9-10,14-15H,7-8,11-13H2,1-3H3,(H,27,29). The van der Waals surface area contributed by atoms with Crippen LogP contribution in [-0.2, 0) is 6.42 Å². The van der Waals surface area contributed by atoms with E-state index in [0.717, 1.165) is 23.4 Å². The van der Waals surface area contributed by atoms with Crippen LogP contribution in [0.2, 0.25) is 0 Å². The van der Waals surface area contributed by atoms with Gasteiger partial charge in [-0.2, -0.15) is 0 Å². The van der Waals surface area contributed by atoms with Crippen molar-refractivity contribution in [1.82, 2.24) is 9.88 Å². The molecule has 0 bridgehead atoms. The first-order valence-electron chi connectivity index (χ1n) is 10.9. The molecule has 4 rings (SSSR count). The first kappa shape index (κ1) is 22.8. The lowest BCUT2D eigenvalue weighted by molar-refractivity contribution is 0.0793. The number of carbonyl (C=O) groups excluding carboxylic acids is 2. The average molecular weight is 466 g/mol. The lowest BCUT2D eigenvalue weighted by Gasteiger charge is -2.20. The number of nitrogens with one attached hydrogen (secondary N) is 1. The van der Waals surface area contributed by atoms with Gasteiger partial charge < -0.3 is 19.7 Å². The smallest absolute Gasteiger partial charge is 0.267 e. The topological polar surface area (TPSA) is 80.8 Å². The van der Waals surface area contributed by atoms with E-state index >= 15 is 0 Å². The van der Waals surface area contributed by atoms with E-state index < -0.39 is 0 Å². The number of aromatic nitrogens is 1. The van der Waals surface area contributed by atoms with Gasteiger partial charge in [-0.1, -0.05) is 30.3 Å². The highest BCUT2D eigenvalue weighted by Gasteiger charge is 2.26. The van der Waals surface area contributed by atoms with Gasteiger partial charge in [0, 0.05) is 25.6 Å². The van der Waals surface area contributed by atoms with Crippen molar-refractivity contribution in [3.63, 3.8) is 0 Å². The lowest BCUT2D eigenvalue weighted by atomic mass is 10.1. The van der Waals surface area contributed by atoms with Gasteiger partial charge in [0.2, 0.25) is 0 Å². The second-order valence-corrected chi connectivity index (χ2v) is 8.97. The maximum Gasteiger partial charge on any atom is 0.267 e. The first-order chi connectivity index (χ1) is 16.0. The maximum absolute atomic E-state index is 13.2. The first-order valence-corrected chi connectivity index (χ1v) is 11.7. The normalized spacial score (nSPS) is 13.1. The Morgan fingerprint density at radius 1 is 1.06 bits per heavy atom. The summed E-state index contributed by atoms with van der Waals surface area (Å²) in [6.07, 6.45) is 2.62. The molecule has 2 amide bonds. The van der Waals surface area contributed by atoms with Gasteiger partial charge >= 0.3 is 0 Å². The van der Waals surface area contributed by atoms with Crippen LogP contribution in [0.3, 0.4) is 0 Å². The van der Waals surface area contributed by atoms with Crippen molar-refractivity contribution < 1.29 is 19.1 Å². The molecule has 3 aromatic rings. The van der Waals surface area contributed by atoms with Crippen LogP contribution in [0.25, 0.3) is 0 Å². The monoisotopic (exact) mass is 465 g/mol. The fourth-order valence-electron chi connectivity index (χ4n) is 3.94. The molecule has 2 aromatic carbocycles. The number of hydrogen-bond acceptors (Lipinski definition) is 6. The van der Waals surface area contributed by atoms with Gasteiger partial charge in [0.05, 0.1) is 36.2 Å². The van der Waals surface area contributed by atoms with E-state index in [4.69, 9.17) is 9.47 Å². The van der Waals surface area contributed by atoms with Crippen LogP contribution in [0, 0.1) is 6.92 Å². The molecule has 0 atom stereocenters. The van der Waals surface area contributed by atoms with Crippen LogP contribution in [-0.4, -0.2) is 49.0 Å². The number of benzene rings is 2. The van der Waals surface area contributed by atoms with E-state index in [-0.39, 0.29) is 11.8 Å². The number of amides is 2. The second-order valence-electron chi connectivity index (χ2n) is 7.89. The molecule has 1 fully saturated rings. The molecule has 1 N–H and O–H groups in total. The third kappa shape index (κ3) is 5.01. The Morgan fingerprint density at radius 3 is 2.39 bits per heavy atom. The minimum absolute atomic E-state index is 0.130. The van der Waals surface area contributed by atoms with E-state index in [1.54, 1.807) is 17.0 Å². The van der Waals surface area contributed by atoms with Gasteiger partial charge in [-0.25, -0.2) is 4.98 Å². The van der Waals surface area contributed by atoms with Gasteiger partial charge in [-0.15, -0.1) is 11.3 Å². The van der Waals surface area contributed by atoms with Gasteiger partial charge in [0.1, 0.15) is 4.88 Å². The summed E-state index contributed by atoms with van der Waals surface area (Å²) in [5.41, 5.74) is 2.58. The summed E-state index contributed by atoms with van der Waals surface area (Å²) in [6.45, 7) is 3.24. The van der Waals surface area contributed by atoms with Gasteiger partial charge in [-0.05, 0) is 31.4 Å². The van der Waals surface area contributed by atoms with E-state index in [1.165, 1.54) is 25.6 Å². The summed E-state index contributed by atoms with van der Waals surface area (Å²) in [4.78, 5) is 33.3. The molecule has 0 saturated carbocycles. The summed E-state index contributed by atoms with van der Waals surface area (Å²) >= 11 is 1.36. The van der Waals surface area contributed by atoms with Crippen LogP contribution in [0.5, 0.6) is 11.5 Å². The molecule has 1 aliphatic heterocycles. The molecule has 1 aromatic heterocycles. The van der Waals surface area contributed by atoms with Crippen molar-refractivity contribution in [2.24, 2.45) is 0 Å². The van der Waals surface area contributed by atoms with Gasteiger partial charge in [0.15, 0.2) is 11.5 Å². The van der Waals surface area contributed by atoms with Crippen LogP contribution in [0.15, 0.2) is 42.5 Å². The quantitative estimate of drug-likeness (QED) is 0.554. The molecular formula is C25H27N3O4S. The number of ether oxygens (including phenoxy) is 2. The van der Waals surface area contributed by atoms with Crippen molar-refractivity contribution >= 4 is 28.8 Å². The SMILES string of the molecule is COc1cc(NC(=O)c2sc(Cc3ccccc3)nc2C)c(C(=O)N2CCCC2)cc1OC. The second kappa shape index (κ2) is 10.0. The van der Waals surface area contributed by atoms with E-state index in [9.17, 15) is 9.59 Å². The van der Waals surface area contributed by atoms with Crippen molar-refractivity contribution in [3.05, 3.63) is 69.2 Å². The van der Waals surface area contributed by atoms with Crippen LogP contribution in [0.4, 0.5) is 5.69 Å². The molecule has 1 saturated heterocycles. The molecule has 1 aliphatic rings. The van der Waals surface area contributed by atoms with E-state index in [0.29, 0.717) is 52.8 Å². The minimum Gasteiger partial charge on any atom is -0.493 e. The summed E-state index contributed by atoms with van der Waals surface area (Å²) in [7, 11) is 3.05. The zero-order chi connectivity index (χ0) is 23.4. The Hall–Kier alpha value is -3.39. The largest absolute Gasteiger partial charge is 0.493 e. The molecule has 33 heavy (non-hydrogen) atoms. The predicted octanol–water partition coefficient (Wildman–Crippen LogP) is 4.55. The predicted molar refractivity (Wildman–Crippen MR) is 129 cm³/mol. The highest BCUT2D eigenvalue weighted by Crippen LogP contribution is 2.35. The number of rotatable bonds is 7. The Kier molecular flexibility index (Phi) is 6.93. The zero-order valence-corrected chi connectivity index (χ0v) is 19.8. The summed E-state index contributed by atoms with van der Waals surface area (Å²) in [6, 6.07) is 13.3. The molecule has 0 spiro atoms. The molecule has 2 heterocycles. The number of carbonyl (C=O) groups is 2. The minimum atomic E-state index is -0.299. The number of anilines is 1. The highest BCUT2D eigenvalue weighted by molar-refractivity contribution is 7.14. The maximum atomic E-state index is 13.2. The Labute approximate surface area is 197 Å². The zero-order valence-electron chi connectivity index (χ0n) is 19.0. The molecule has 8 heteroatoms. The number of likely N-dealkylation sites (tertiary alicyclic amines) is 1. The molecule has 0 radical (unpaired) electrons. The number of thiazole rings is 1.